The number of hydrogen-bond acceptors (Lipinski definition) is 5. The highest BCUT2D eigenvalue weighted by atomic mass is 16.4. The number of rotatable bonds is 4. The van der Waals surface area contributed by atoms with Gasteiger partial charge in [0.05, 0.1) is 6.54 Å². The predicted molar refractivity (Wildman–Crippen MR) is 105 cm³/mol. The summed E-state index contributed by atoms with van der Waals surface area (Å²) in [5.74, 6) is -2.01. The molecule has 1 aromatic carbocycles. The standard InChI is InChI=1S/C22H21N3O4/c26-20(24-11-8-16(9-12-24)22(28)29)18-13-17-7-4-10-23-19(17)25(21(18)27)14-15-5-2-1-3-6-15/h1-7,10,13,16H,8-9,11-12,14H2,(H,28,29)/p-1. The van der Waals surface area contributed by atoms with Gasteiger partial charge in [0.15, 0.2) is 0 Å². The Hall–Kier alpha value is -3.48. The van der Waals surface area contributed by atoms with Gasteiger partial charge in [-0.1, -0.05) is 30.3 Å². The number of amides is 1. The van der Waals surface area contributed by atoms with Crippen molar-refractivity contribution >= 4 is 22.9 Å². The van der Waals surface area contributed by atoms with Gasteiger partial charge in [-0.2, -0.15) is 0 Å². The average Bonchev–Trinajstić information content (AvgIpc) is 2.76. The van der Waals surface area contributed by atoms with Gasteiger partial charge in [0.25, 0.3) is 11.5 Å². The summed E-state index contributed by atoms with van der Waals surface area (Å²) in [5.41, 5.74) is 1.13. The summed E-state index contributed by atoms with van der Waals surface area (Å²) in [6.07, 6.45) is 2.29. The molecule has 0 N–H and O–H groups in total. The molecular formula is C22H20N3O4-. The van der Waals surface area contributed by atoms with Gasteiger partial charge >= 0.3 is 0 Å². The number of carbonyl (C=O) groups is 2. The van der Waals surface area contributed by atoms with E-state index < -0.39 is 17.4 Å². The van der Waals surface area contributed by atoms with Crippen LogP contribution >= 0.6 is 0 Å². The minimum atomic E-state index is -1.08. The number of carboxylic acid groups (broad SMARTS) is 1. The second-order valence-electron chi connectivity index (χ2n) is 7.24. The summed E-state index contributed by atoms with van der Waals surface area (Å²) in [5, 5.41) is 11.7. The van der Waals surface area contributed by atoms with Crippen molar-refractivity contribution in [1.29, 1.82) is 0 Å². The first kappa shape index (κ1) is 18.9. The largest absolute Gasteiger partial charge is 0.550 e. The zero-order valence-electron chi connectivity index (χ0n) is 15.8. The number of carbonyl (C=O) groups excluding carboxylic acids is 2. The van der Waals surface area contributed by atoms with Crippen molar-refractivity contribution in [2.45, 2.75) is 19.4 Å². The van der Waals surface area contributed by atoms with Crippen LogP contribution in [-0.4, -0.2) is 39.4 Å². The Kier molecular flexibility index (Phi) is 5.12. The molecule has 1 aliphatic rings. The summed E-state index contributed by atoms with van der Waals surface area (Å²) in [6.45, 7) is 0.891. The monoisotopic (exact) mass is 390 g/mol. The van der Waals surface area contributed by atoms with Gasteiger partial charge in [0.2, 0.25) is 0 Å². The molecule has 7 heteroatoms. The lowest BCUT2D eigenvalue weighted by molar-refractivity contribution is -0.312. The number of likely N-dealkylation sites (tertiary alicyclic amines) is 1. The SMILES string of the molecule is O=C([O-])C1CCN(C(=O)c2cc3cccnc3n(Cc3ccccc3)c2=O)CC1. The van der Waals surface area contributed by atoms with Crippen LogP contribution in [0.2, 0.25) is 0 Å². The van der Waals surface area contributed by atoms with Crippen molar-refractivity contribution in [3.8, 4) is 0 Å². The maximum atomic E-state index is 13.2. The molecule has 2 aromatic heterocycles. The van der Waals surface area contributed by atoms with Crippen molar-refractivity contribution in [2.24, 2.45) is 5.92 Å². The van der Waals surface area contributed by atoms with Crippen molar-refractivity contribution in [2.75, 3.05) is 13.1 Å². The first-order valence-electron chi connectivity index (χ1n) is 9.57. The summed E-state index contributed by atoms with van der Waals surface area (Å²) in [4.78, 5) is 43.2. The third-order valence-corrected chi connectivity index (χ3v) is 5.38. The molecule has 29 heavy (non-hydrogen) atoms. The Morgan fingerprint density at radius 2 is 1.79 bits per heavy atom. The maximum absolute atomic E-state index is 13.2. The Morgan fingerprint density at radius 3 is 2.48 bits per heavy atom. The summed E-state index contributed by atoms with van der Waals surface area (Å²) in [6, 6.07) is 14.7. The normalized spacial score (nSPS) is 14.8. The van der Waals surface area contributed by atoms with Gasteiger partial charge < -0.3 is 14.8 Å². The summed E-state index contributed by atoms with van der Waals surface area (Å²) in [7, 11) is 0. The van der Waals surface area contributed by atoms with Gasteiger partial charge in [-0.05, 0) is 36.6 Å². The number of hydrogen-bond donors (Lipinski definition) is 0. The topological polar surface area (TPSA) is 95.3 Å². The molecule has 0 unspecified atom stereocenters. The number of fused-ring (bicyclic) bond motifs is 1. The second-order valence-corrected chi connectivity index (χ2v) is 7.24. The smallest absolute Gasteiger partial charge is 0.265 e. The molecule has 1 fully saturated rings. The molecule has 0 saturated carbocycles. The fraction of sp³-hybridized carbons (Fsp3) is 0.273. The van der Waals surface area contributed by atoms with E-state index in [0.717, 1.165) is 5.56 Å². The first-order valence-corrected chi connectivity index (χ1v) is 9.57. The molecule has 148 valence electrons. The minimum Gasteiger partial charge on any atom is -0.550 e. The average molecular weight is 390 g/mol. The zero-order chi connectivity index (χ0) is 20.4. The number of pyridine rings is 2. The van der Waals surface area contributed by atoms with E-state index in [9.17, 15) is 19.5 Å². The highest BCUT2D eigenvalue weighted by molar-refractivity contribution is 5.97. The van der Waals surface area contributed by atoms with Crippen LogP contribution < -0.4 is 10.7 Å². The van der Waals surface area contributed by atoms with Gasteiger partial charge in [0.1, 0.15) is 11.2 Å². The third kappa shape index (κ3) is 3.76. The molecule has 0 aliphatic carbocycles. The van der Waals surface area contributed by atoms with Crippen LogP contribution in [0.4, 0.5) is 0 Å². The summed E-state index contributed by atoms with van der Waals surface area (Å²) < 4.78 is 1.52. The lowest BCUT2D eigenvalue weighted by atomic mass is 9.96. The molecule has 1 aliphatic heterocycles. The van der Waals surface area contributed by atoms with Crippen molar-refractivity contribution in [3.05, 3.63) is 76.2 Å². The molecule has 4 rings (SSSR count). The molecule has 0 atom stereocenters. The predicted octanol–water partition coefficient (Wildman–Crippen LogP) is 1.05. The Labute approximate surface area is 167 Å². The van der Waals surface area contributed by atoms with E-state index in [1.807, 2.05) is 36.4 Å². The Balaban J connectivity index is 1.72. The van der Waals surface area contributed by atoms with Crippen LogP contribution in [0, 0.1) is 5.92 Å². The molecule has 1 amide bonds. The van der Waals surface area contributed by atoms with E-state index in [1.54, 1.807) is 23.2 Å². The van der Waals surface area contributed by atoms with Crippen LogP contribution in [0.3, 0.4) is 0 Å². The number of benzene rings is 1. The van der Waals surface area contributed by atoms with Crippen molar-refractivity contribution in [1.82, 2.24) is 14.5 Å². The van der Waals surface area contributed by atoms with E-state index in [4.69, 9.17) is 0 Å². The molecule has 0 spiro atoms. The number of carboxylic acids is 1. The van der Waals surface area contributed by atoms with Gasteiger partial charge in [-0.25, -0.2) is 4.98 Å². The highest BCUT2D eigenvalue weighted by Crippen LogP contribution is 2.19. The van der Waals surface area contributed by atoms with E-state index in [2.05, 4.69) is 4.98 Å². The molecule has 0 radical (unpaired) electrons. The van der Waals surface area contributed by atoms with Crippen LogP contribution in [0.1, 0.15) is 28.8 Å². The van der Waals surface area contributed by atoms with Gasteiger partial charge in [-0.3, -0.25) is 14.2 Å². The second kappa shape index (κ2) is 7.87. The maximum Gasteiger partial charge on any atom is 0.265 e. The number of aromatic nitrogens is 2. The van der Waals surface area contributed by atoms with Crippen molar-refractivity contribution < 1.29 is 14.7 Å². The quantitative estimate of drug-likeness (QED) is 0.664. The van der Waals surface area contributed by atoms with E-state index in [1.165, 1.54) is 4.57 Å². The minimum absolute atomic E-state index is 0.0772. The van der Waals surface area contributed by atoms with E-state index in [-0.39, 0.29) is 11.5 Å². The summed E-state index contributed by atoms with van der Waals surface area (Å²) >= 11 is 0. The van der Waals surface area contributed by atoms with Crippen LogP contribution in [0.25, 0.3) is 11.0 Å². The number of nitrogens with zero attached hydrogens (tertiary/aromatic N) is 3. The lowest BCUT2D eigenvalue weighted by Gasteiger charge is -2.32. The highest BCUT2D eigenvalue weighted by Gasteiger charge is 2.26. The fourth-order valence-electron chi connectivity index (χ4n) is 3.76. The molecule has 1 saturated heterocycles. The molecule has 0 bridgehead atoms. The van der Waals surface area contributed by atoms with Crippen LogP contribution in [-0.2, 0) is 11.3 Å². The van der Waals surface area contributed by atoms with E-state index >= 15 is 0 Å². The molecule has 3 heterocycles. The number of piperidine rings is 1. The van der Waals surface area contributed by atoms with Crippen LogP contribution in [0.15, 0.2) is 59.5 Å². The van der Waals surface area contributed by atoms with Crippen LogP contribution in [0.5, 0.6) is 0 Å². The number of aliphatic carboxylic acids is 1. The lowest BCUT2D eigenvalue weighted by Crippen LogP contribution is -2.45. The Morgan fingerprint density at radius 1 is 1.07 bits per heavy atom. The third-order valence-electron chi connectivity index (χ3n) is 5.38. The van der Waals surface area contributed by atoms with Gasteiger partial charge in [0, 0.05) is 36.6 Å². The van der Waals surface area contributed by atoms with Crippen molar-refractivity contribution in [3.63, 3.8) is 0 Å². The Bertz CT molecular complexity index is 1120. The molecule has 7 nitrogen and oxygen atoms in total. The van der Waals surface area contributed by atoms with Gasteiger partial charge in [-0.15, -0.1) is 0 Å². The zero-order valence-corrected chi connectivity index (χ0v) is 15.8. The van der Waals surface area contributed by atoms with E-state index in [0.29, 0.717) is 43.5 Å². The molecule has 3 aromatic rings. The fourth-order valence-corrected chi connectivity index (χ4v) is 3.76. The first-order chi connectivity index (χ1) is 14.0. The molecular weight excluding hydrogens is 370 g/mol.